The number of hydrogen-bond acceptors (Lipinski definition) is 6. The Morgan fingerprint density at radius 1 is 1.00 bits per heavy atom. The van der Waals surface area contributed by atoms with Gasteiger partial charge in [0.1, 0.15) is 25.6 Å². The third-order valence-electron chi connectivity index (χ3n) is 4.44. The summed E-state index contributed by atoms with van der Waals surface area (Å²) in [4.78, 5) is 26.3. The van der Waals surface area contributed by atoms with E-state index in [9.17, 15) is 9.59 Å². The molecule has 0 unspecified atom stereocenters. The van der Waals surface area contributed by atoms with Crippen molar-refractivity contribution in [2.24, 2.45) is 0 Å². The molecule has 1 heterocycles. The SMILES string of the molecule is CCN(CC(=O)NCCOc1ccccc1)CC(=O)Nc1ccc2c(c1)OCCO2. The Balaban J connectivity index is 1.38. The van der Waals surface area contributed by atoms with Crippen LogP contribution in [-0.2, 0) is 9.59 Å². The van der Waals surface area contributed by atoms with Gasteiger partial charge in [-0.1, -0.05) is 25.1 Å². The fraction of sp³-hybridized carbons (Fsp3) is 0.364. The zero-order chi connectivity index (χ0) is 21.2. The van der Waals surface area contributed by atoms with Crippen molar-refractivity contribution in [2.45, 2.75) is 6.92 Å². The molecule has 0 radical (unpaired) electrons. The molecular formula is C22H27N3O5. The number of hydrogen-bond donors (Lipinski definition) is 2. The van der Waals surface area contributed by atoms with Gasteiger partial charge in [-0.15, -0.1) is 0 Å². The molecule has 3 rings (SSSR count). The van der Waals surface area contributed by atoms with E-state index >= 15 is 0 Å². The van der Waals surface area contributed by atoms with Crippen LogP contribution in [0.5, 0.6) is 17.2 Å². The van der Waals surface area contributed by atoms with Gasteiger partial charge in [-0.05, 0) is 30.8 Å². The molecule has 0 aliphatic carbocycles. The first-order valence-electron chi connectivity index (χ1n) is 10.0. The summed E-state index contributed by atoms with van der Waals surface area (Å²) in [5.41, 5.74) is 0.628. The van der Waals surface area contributed by atoms with Gasteiger partial charge in [-0.3, -0.25) is 14.5 Å². The predicted octanol–water partition coefficient (Wildman–Crippen LogP) is 1.91. The minimum absolute atomic E-state index is 0.110. The molecule has 8 heteroatoms. The molecule has 1 aliphatic heterocycles. The van der Waals surface area contributed by atoms with Crippen LogP contribution >= 0.6 is 0 Å². The number of carbonyl (C=O) groups is 2. The maximum absolute atomic E-state index is 12.4. The van der Waals surface area contributed by atoms with Crippen molar-refractivity contribution in [1.29, 1.82) is 0 Å². The van der Waals surface area contributed by atoms with Gasteiger partial charge in [0.2, 0.25) is 11.8 Å². The van der Waals surface area contributed by atoms with Crippen molar-refractivity contribution >= 4 is 17.5 Å². The fourth-order valence-electron chi connectivity index (χ4n) is 2.94. The Morgan fingerprint density at radius 3 is 2.50 bits per heavy atom. The van der Waals surface area contributed by atoms with E-state index in [0.29, 0.717) is 50.1 Å². The highest BCUT2D eigenvalue weighted by molar-refractivity contribution is 5.93. The number of benzene rings is 2. The van der Waals surface area contributed by atoms with Gasteiger partial charge >= 0.3 is 0 Å². The van der Waals surface area contributed by atoms with Crippen LogP contribution in [0.1, 0.15) is 6.92 Å². The quantitative estimate of drug-likeness (QED) is 0.579. The topological polar surface area (TPSA) is 89.1 Å². The van der Waals surface area contributed by atoms with Gasteiger partial charge in [-0.25, -0.2) is 0 Å². The molecule has 0 bridgehead atoms. The standard InChI is InChI=1S/C22H27N3O5/c1-2-25(15-21(26)23-10-11-28-18-6-4-3-5-7-18)16-22(27)24-17-8-9-19-20(14-17)30-13-12-29-19/h3-9,14H,2,10-13,15-16H2,1H3,(H,23,26)(H,24,27). The maximum atomic E-state index is 12.4. The molecule has 0 saturated carbocycles. The van der Waals surface area contributed by atoms with Gasteiger partial charge in [0, 0.05) is 11.8 Å². The van der Waals surface area contributed by atoms with E-state index in [1.165, 1.54) is 0 Å². The fourth-order valence-corrected chi connectivity index (χ4v) is 2.94. The molecule has 0 atom stereocenters. The molecule has 2 N–H and O–H groups in total. The van der Waals surface area contributed by atoms with Crippen molar-refractivity contribution in [3.63, 3.8) is 0 Å². The van der Waals surface area contributed by atoms with E-state index in [1.54, 1.807) is 23.1 Å². The van der Waals surface area contributed by atoms with E-state index < -0.39 is 0 Å². The normalized spacial score (nSPS) is 12.3. The predicted molar refractivity (Wildman–Crippen MR) is 113 cm³/mol. The van der Waals surface area contributed by atoms with Crippen molar-refractivity contribution in [2.75, 3.05) is 51.3 Å². The first-order chi connectivity index (χ1) is 14.6. The largest absolute Gasteiger partial charge is 0.492 e. The Morgan fingerprint density at radius 2 is 1.73 bits per heavy atom. The first-order valence-corrected chi connectivity index (χ1v) is 10.0. The maximum Gasteiger partial charge on any atom is 0.238 e. The van der Waals surface area contributed by atoms with Crippen LogP contribution in [0.2, 0.25) is 0 Å². The Labute approximate surface area is 176 Å². The minimum Gasteiger partial charge on any atom is -0.492 e. The average Bonchev–Trinajstić information content (AvgIpc) is 2.77. The highest BCUT2D eigenvalue weighted by Gasteiger charge is 2.15. The lowest BCUT2D eigenvalue weighted by Crippen LogP contribution is -2.42. The van der Waals surface area contributed by atoms with Gasteiger partial charge < -0.3 is 24.8 Å². The zero-order valence-electron chi connectivity index (χ0n) is 17.1. The Bertz CT molecular complexity index is 844. The molecule has 8 nitrogen and oxygen atoms in total. The van der Waals surface area contributed by atoms with E-state index in [0.717, 1.165) is 5.75 Å². The second kappa shape index (κ2) is 11.1. The number of para-hydroxylation sites is 1. The van der Waals surface area contributed by atoms with E-state index in [4.69, 9.17) is 14.2 Å². The lowest BCUT2D eigenvalue weighted by Gasteiger charge is -2.21. The Kier molecular flexibility index (Phi) is 7.91. The van der Waals surface area contributed by atoms with E-state index in [1.807, 2.05) is 37.3 Å². The van der Waals surface area contributed by atoms with E-state index in [-0.39, 0.29) is 24.9 Å². The van der Waals surface area contributed by atoms with Crippen LogP contribution < -0.4 is 24.8 Å². The number of carbonyl (C=O) groups excluding carboxylic acids is 2. The lowest BCUT2D eigenvalue weighted by molar-refractivity contribution is -0.123. The lowest BCUT2D eigenvalue weighted by atomic mass is 10.2. The van der Waals surface area contributed by atoms with Crippen LogP contribution in [0.15, 0.2) is 48.5 Å². The molecule has 0 spiro atoms. The number of rotatable bonds is 10. The molecule has 0 fully saturated rings. The molecule has 1 aliphatic rings. The summed E-state index contributed by atoms with van der Waals surface area (Å²) < 4.78 is 16.5. The van der Waals surface area contributed by atoms with Crippen molar-refractivity contribution < 1.29 is 23.8 Å². The molecule has 0 saturated heterocycles. The monoisotopic (exact) mass is 413 g/mol. The van der Waals surface area contributed by atoms with Crippen molar-refractivity contribution in [3.05, 3.63) is 48.5 Å². The number of amides is 2. The highest BCUT2D eigenvalue weighted by Crippen LogP contribution is 2.32. The second-order valence-electron chi connectivity index (χ2n) is 6.72. The molecule has 160 valence electrons. The third-order valence-corrected chi connectivity index (χ3v) is 4.44. The average molecular weight is 413 g/mol. The zero-order valence-corrected chi connectivity index (χ0v) is 17.1. The first kappa shape index (κ1) is 21.4. The third kappa shape index (κ3) is 6.66. The van der Waals surface area contributed by atoms with Gasteiger partial charge in [0.05, 0.1) is 19.6 Å². The number of nitrogens with one attached hydrogen (secondary N) is 2. The summed E-state index contributed by atoms with van der Waals surface area (Å²) in [6.07, 6.45) is 0. The van der Waals surface area contributed by atoms with Crippen molar-refractivity contribution in [3.8, 4) is 17.2 Å². The van der Waals surface area contributed by atoms with Crippen LogP contribution in [0.3, 0.4) is 0 Å². The second-order valence-corrected chi connectivity index (χ2v) is 6.72. The molecule has 30 heavy (non-hydrogen) atoms. The number of likely N-dealkylation sites (N-methyl/N-ethyl adjacent to an activating group) is 1. The minimum atomic E-state index is -0.200. The molecule has 2 aromatic carbocycles. The summed E-state index contributed by atoms with van der Waals surface area (Å²) in [5, 5.41) is 5.64. The summed E-state index contributed by atoms with van der Waals surface area (Å²) >= 11 is 0. The Hall–Kier alpha value is -3.26. The highest BCUT2D eigenvalue weighted by atomic mass is 16.6. The van der Waals surface area contributed by atoms with Crippen LogP contribution in [0, 0.1) is 0 Å². The van der Waals surface area contributed by atoms with Crippen LogP contribution in [0.25, 0.3) is 0 Å². The summed E-state index contributed by atoms with van der Waals surface area (Å²) in [5.74, 6) is 1.69. The van der Waals surface area contributed by atoms with Gasteiger partial charge in [0.25, 0.3) is 0 Å². The summed E-state index contributed by atoms with van der Waals surface area (Å²) in [6, 6.07) is 14.7. The number of nitrogens with zero attached hydrogens (tertiary/aromatic N) is 1. The molecule has 0 aromatic heterocycles. The number of fused-ring (bicyclic) bond motifs is 1. The van der Waals surface area contributed by atoms with Gasteiger partial charge in [0.15, 0.2) is 11.5 Å². The smallest absolute Gasteiger partial charge is 0.238 e. The van der Waals surface area contributed by atoms with Crippen LogP contribution in [0.4, 0.5) is 5.69 Å². The molecule has 2 aromatic rings. The molecule has 2 amide bonds. The molecular weight excluding hydrogens is 386 g/mol. The van der Waals surface area contributed by atoms with Gasteiger partial charge in [-0.2, -0.15) is 0 Å². The van der Waals surface area contributed by atoms with Crippen LogP contribution in [-0.4, -0.2) is 62.7 Å². The van der Waals surface area contributed by atoms with E-state index in [2.05, 4.69) is 10.6 Å². The number of anilines is 1. The summed E-state index contributed by atoms with van der Waals surface area (Å²) in [7, 11) is 0. The van der Waals surface area contributed by atoms with Crippen molar-refractivity contribution in [1.82, 2.24) is 10.2 Å². The number of ether oxygens (including phenoxy) is 3. The summed E-state index contributed by atoms with van der Waals surface area (Å²) in [6.45, 7) is 4.51.